The Labute approximate surface area is 214 Å². The lowest BCUT2D eigenvalue weighted by Gasteiger charge is -2.40. The molecule has 4 rings (SSSR count). The van der Waals surface area contributed by atoms with Crippen LogP contribution in [0.3, 0.4) is 0 Å². The normalized spacial score (nSPS) is 18.8. The van der Waals surface area contributed by atoms with Crippen LogP contribution in [0.4, 0.5) is 0 Å². The molecule has 0 bridgehead atoms. The topological polar surface area (TPSA) is 55.3 Å². The van der Waals surface area contributed by atoms with E-state index in [1.807, 2.05) is 37.4 Å². The van der Waals surface area contributed by atoms with Gasteiger partial charge in [-0.2, -0.15) is 0 Å². The van der Waals surface area contributed by atoms with E-state index in [4.69, 9.17) is 14.2 Å². The Hall–Kier alpha value is -2.00. The van der Waals surface area contributed by atoms with E-state index < -0.39 is 0 Å². The summed E-state index contributed by atoms with van der Waals surface area (Å²) in [7, 11) is 3.58. The first-order chi connectivity index (χ1) is 15.7. The van der Waals surface area contributed by atoms with Gasteiger partial charge in [-0.15, -0.1) is 24.0 Å². The number of ether oxygens (including phenoxy) is 3. The van der Waals surface area contributed by atoms with Gasteiger partial charge in [0, 0.05) is 58.2 Å². The lowest BCUT2D eigenvalue weighted by molar-refractivity contribution is 0.0509. The van der Waals surface area contributed by atoms with E-state index in [-0.39, 0.29) is 35.5 Å². The third kappa shape index (κ3) is 6.53. The third-order valence-electron chi connectivity index (χ3n) is 6.74. The van der Waals surface area contributed by atoms with Crippen molar-refractivity contribution < 1.29 is 14.2 Å². The number of piperidine rings is 1. The first-order valence-corrected chi connectivity index (χ1v) is 11.6. The summed E-state index contributed by atoms with van der Waals surface area (Å²) in [6, 6.07) is 18.6. The number of para-hydroxylation sites is 1. The zero-order valence-electron chi connectivity index (χ0n) is 19.7. The predicted molar refractivity (Wildman–Crippen MR) is 143 cm³/mol. The fourth-order valence-electron chi connectivity index (χ4n) is 4.73. The molecule has 0 aliphatic carbocycles. The molecule has 0 spiro atoms. The molecular formula is C26H36IN3O3. The molecule has 2 aliphatic rings. The Morgan fingerprint density at radius 1 is 1.03 bits per heavy atom. The van der Waals surface area contributed by atoms with Crippen molar-refractivity contribution >= 4 is 29.9 Å². The van der Waals surface area contributed by atoms with Gasteiger partial charge in [0.2, 0.25) is 0 Å². The average Bonchev–Trinajstić information content (AvgIpc) is 2.86. The number of nitrogens with one attached hydrogen (secondary N) is 1. The number of hydrogen-bond acceptors (Lipinski definition) is 4. The number of benzene rings is 2. The summed E-state index contributed by atoms with van der Waals surface area (Å²) in [5.41, 5.74) is 1.37. The van der Waals surface area contributed by atoms with Gasteiger partial charge in [0.15, 0.2) is 5.96 Å². The number of hydrogen-bond donors (Lipinski definition) is 1. The van der Waals surface area contributed by atoms with Crippen LogP contribution in [0, 0.1) is 0 Å². The molecule has 0 atom stereocenters. The van der Waals surface area contributed by atoms with Crippen LogP contribution in [0.15, 0.2) is 59.6 Å². The van der Waals surface area contributed by atoms with Crippen molar-refractivity contribution in [3.8, 4) is 11.5 Å². The van der Waals surface area contributed by atoms with Gasteiger partial charge in [0.25, 0.3) is 0 Å². The summed E-state index contributed by atoms with van der Waals surface area (Å²) >= 11 is 0. The van der Waals surface area contributed by atoms with E-state index in [0.29, 0.717) is 0 Å². The van der Waals surface area contributed by atoms with Crippen LogP contribution in [0.5, 0.6) is 11.5 Å². The van der Waals surface area contributed by atoms with Gasteiger partial charge in [0.1, 0.15) is 17.6 Å². The van der Waals surface area contributed by atoms with Crippen molar-refractivity contribution in [1.29, 1.82) is 0 Å². The Bertz CT molecular complexity index is 862. The van der Waals surface area contributed by atoms with Gasteiger partial charge < -0.3 is 24.4 Å². The van der Waals surface area contributed by atoms with Crippen LogP contribution in [-0.2, 0) is 10.2 Å². The molecule has 7 heteroatoms. The highest BCUT2D eigenvalue weighted by molar-refractivity contribution is 14.0. The smallest absolute Gasteiger partial charge is 0.193 e. The van der Waals surface area contributed by atoms with Gasteiger partial charge >= 0.3 is 0 Å². The minimum atomic E-state index is 0. The molecule has 180 valence electrons. The second-order valence-electron chi connectivity index (χ2n) is 8.64. The van der Waals surface area contributed by atoms with Crippen LogP contribution in [-0.4, -0.2) is 64.0 Å². The van der Waals surface area contributed by atoms with Crippen LogP contribution < -0.4 is 14.8 Å². The van der Waals surface area contributed by atoms with E-state index in [0.717, 1.165) is 76.0 Å². The maximum atomic E-state index is 6.15. The van der Waals surface area contributed by atoms with Gasteiger partial charge in [-0.25, -0.2) is 0 Å². The second-order valence-corrected chi connectivity index (χ2v) is 8.64. The molecule has 2 aliphatic heterocycles. The number of likely N-dealkylation sites (tertiary alicyclic amines) is 1. The molecule has 0 aromatic heterocycles. The number of halogens is 1. The highest BCUT2D eigenvalue weighted by Crippen LogP contribution is 2.35. The molecule has 2 fully saturated rings. The molecule has 6 nitrogen and oxygen atoms in total. The molecular weight excluding hydrogens is 529 g/mol. The van der Waals surface area contributed by atoms with Gasteiger partial charge in [0.05, 0.1) is 7.11 Å². The second kappa shape index (κ2) is 12.5. The lowest BCUT2D eigenvalue weighted by Crippen LogP contribution is -2.51. The molecule has 0 saturated carbocycles. The van der Waals surface area contributed by atoms with E-state index in [2.05, 4.69) is 39.5 Å². The van der Waals surface area contributed by atoms with Crippen LogP contribution >= 0.6 is 24.0 Å². The number of nitrogens with zero attached hydrogens (tertiary/aromatic N) is 2. The fraction of sp³-hybridized carbons (Fsp3) is 0.500. The molecule has 2 saturated heterocycles. The average molecular weight is 565 g/mol. The summed E-state index contributed by atoms with van der Waals surface area (Å²) in [4.78, 5) is 6.95. The lowest BCUT2D eigenvalue weighted by atomic mass is 9.74. The van der Waals surface area contributed by atoms with E-state index in [9.17, 15) is 0 Å². The van der Waals surface area contributed by atoms with Crippen LogP contribution in [0.2, 0.25) is 0 Å². The molecule has 0 radical (unpaired) electrons. The Balaban J connectivity index is 0.00000306. The van der Waals surface area contributed by atoms with Crippen molar-refractivity contribution in [3.05, 3.63) is 60.2 Å². The molecule has 2 aromatic carbocycles. The third-order valence-corrected chi connectivity index (χ3v) is 6.74. The largest absolute Gasteiger partial charge is 0.497 e. The monoisotopic (exact) mass is 565 g/mol. The Morgan fingerprint density at radius 2 is 1.70 bits per heavy atom. The van der Waals surface area contributed by atoms with Gasteiger partial charge in [-0.1, -0.05) is 30.3 Å². The zero-order valence-corrected chi connectivity index (χ0v) is 22.0. The highest BCUT2D eigenvalue weighted by Gasteiger charge is 2.35. The summed E-state index contributed by atoms with van der Waals surface area (Å²) < 4.78 is 17.2. The number of rotatable bonds is 6. The number of aliphatic imine (C=N–C) groups is 1. The minimum Gasteiger partial charge on any atom is -0.497 e. The first kappa shape index (κ1) is 25.6. The summed E-state index contributed by atoms with van der Waals surface area (Å²) in [6.45, 7) is 4.30. The number of methoxy groups -OCH3 is 1. The summed E-state index contributed by atoms with van der Waals surface area (Å²) in [6.07, 6.45) is 4.24. The molecule has 0 unspecified atom stereocenters. The van der Waals surface area contributed by atoms with Crippen LogP contribution in [0.25, 0.3) is 0 Å². The molecule has 2 aromatic rings. The minimum absolute atomic E-state index is 0. The Morgan fingerprint density at radius 3 is 2.30 bits per heavy atom. The van der Waals surface area contributed by atoms with E-state index in [1.54, 1.807) is 7.11 Å². The molecule has 1 N–H and O–H groups in total. The van der Waals surface area contributed by atoms with Gasteiger partial charge in [-0.3, -0.25) is 4.99 Å². The van der Waals surface area contributed by atoms with Crippen molar-refractivity contribution in [1.82, 2.24) is 10.2 Å². The molecule has 33 heavy (non-hydrogen) atoms. The van der Waals surface area contributed by atoms with Crippen molar-refractivity contribution in [2.24, 2.45) is 4.99 Å². The summed E-state index contributed by atoms with van der Waals surface area (Å²) in [5.74, 6) is 2.82. The van der Waals surface area contributed by atoms with E-state index in [1.165, 1.54) is 5.56 Å². The van der Waals surface area contributed by atoms with Gasteiger partial charge in [-0.05, 0) is 42.7 Å². The quantitative estimate of drug-likeness (QED) is 0.318. The zero-order chi connectivity index (χ0) is 22.2. The van der Waals surface area contributed by atoms with Crippen molar-refractivity contribution in [3.63, 3.8) is 0 Å². The maximum absolute atomic E-state index is 6.15. The Kier molecular flexibility index (Phi) is 9.67. The molecule has 2 heterocycles. The van der Waals surface area contributed by atoms with Crippen molar-refractivity contribution in [2.45, 2.75) is 37.2 Å². The first-order valence-electron chi connectivity index (χ1n) is 11.6. The maximum Gasteiger partial charge on any atom is 0.193 e. The standard InChI is InChI=1S/C26H35N3O3.HI/c1-27-25(29-16-12-24(13-17-29)32-23-6-4-3-5-7-23)28-20-26(14-18-31-19-15-26)21-8-10-22(30-2)11-9-21;/h3-11,24H,12-20H2,1-2H3,(H,27,28);1H. The fourth-order valence-corrected chi connectivity index (χ4v) is 4.73. The highest BCUT2D eigenvalue weighted by atomic mass is 127. The van der Waals surface area contributed by atoms with E-state index >= 15 is 0 Å². The molecule has 0 amide bonds. The van der Waals surface area contributed by atoms with Crippen molar-refractivity contribution in [2.75, 3.05) is 47.0 Å². The predicted octanol–water partition coefficient (Wildman–Crippen LogP) is 4.48. The van der Waals surface area contributed by atoms with Crippen LogP contribution in [0.1, 0.15) is 31.2 Å². The summed E-state index contributed by atoms with van der Waals surface area (Å²) in [5, 5.41) is 3.69. The number of guanidine groups is 1. The SMILES string of the molecule is CN=C(NCC1(c2ccc(OC)cc2)CCOCC1)N1CCC(Oc2ccccc2)CC1.I.